The summed E-state index contributed by atoms with van der Waals surface area (Å²) in [4.78, 5) is 22.9. The maximum Gasteiger partial charge on any atom is 0.408 e. The van der Waals surface area contributed by atoms with E-state index in [1.54, 1.807) is 56.0 Å². The first-order valence-electron chi connectivity index (χ1n) is 8.16. The van der Waals surface area contributed by atoms with Crippen LogP contribution in [-0.2, 0) is 11.3 Å². The minimum absolute atomic E-state index is 0.172. The van der Waals surface area contributed by atoms with Crippen LogP contribution in [0.5, 0.6) is 5.75 Å². The zero-order valence-corrected chi connectivity index (χ0v) is 15.0. The van der Waals surface area contributed by atoms with Gasteiger partial charge in [0.2, 0.25) is 0 Å². The van der Waals surface area contributed by atoms with Crippen LogP contribution in [0, 0.1) is 0 Å². The van der Waals surface area contributed by atoms with E-state index in [0.29, 0.717) is 12.3 Å². The third-order valence-corrected chi connectivity index (χ3v) is 3.24. The number of carboxylic acid groups (broad SMARTS) is 1. The Morgan fingerprint density at radius 3 is 2.50 bits per heavy atom. The minimum Gasteiger partial charge on any atom is -0.491 e. The summed E-state index contributed by atoms with van der Waals surface area (Å²) >= 11 is 0. The van der Waals surface area contributed by atoms with E-state index in [4.69, 9.17) is 14.6 Å². The number of hydrogen-bond donors (Lipinski definition) is 2. The first-order chi connectivity index (χ1) is 12.2. The van der Waals surface area contributed by atoms with Crippen molar-refractivity contribution < 1.29 is 24.2 Å². The summed E-state index contributed by atoms with van der Waals surface area (Å²) in [7, 11) is 0. The van der Waals surface area contributed by atoms with Gasteiger partial charge in [-0.15, -0.1) is 0 Å². The number of rotatable bonds is 7. The van der Waals surface area contributed by atoms with E-state index < -0.39 is 17.7 Å². The summed E-state index contributed by atoms with van der Waals surface area (Å²) in [6.45, 7) is 5.94. The molecule has 0 bridgehead atoms. The number of carboxylic acids is 1. The molecule has 140 valence electrons. The van der Waals surface area contributed by atoms with E-state index >= 15 is 0 Å². The van der Waals surface area contributed by atoms with Crippen molar-refractivity contribution in [1.82, 2.24) is 15.1 Å². The van der Waals surface area contributed by atoms with Gasteiger partial charge in [-0.2, -0.15) is 5.10 Å². The second kappa shape index (κ2) is 8.37. The molecule has 26 heavy (non-hydrogen) atoms. The summed E-state index contributed by atoms with van der Waals surface area (Å²) in [5.74, 6) is -0.494. The van der Waals surface area contributed by atoms with Crippen molar-refractivity contribution in [2.24, 2.45) is 0 Å². The molecule has 0 saturated heterocycles. The second-order valence-corrected chi connectivity index (χ2v) is 6.71. The highest BCUT2D eigenvalue weighted by molar-refractivity contribution is 5.87. The summed E-state index contributed by atoms with van der Waals surface area (Å²) in [5.41, 5.74) is -0.425. The fraction of sp³-hybridized carbons (Fsp3) is 0.389. The highest BCUT2D eigenvalue weighted by Gasteiger charge is 2.20. The molecule has 0 aliphatic rings. The van der Waals surface area contributed by atoms with Crippen LogP contribution < -0.4 is 10.1 Å². The number of aromatic carboxylic acids is 1. The molecule has 2 aromatic rings. The number of amides is 1. The van der Waals surface area contributed by atoms with Gasteiger partial charge in [-0.05, 0) is 51.1 Å². The fourth-order valence-corrected chi connectivity index (χ4v) is 2.14. The van der Waals surface area contributed by atoms with Crippen molar-refractivity contribution >= 4 is 12.1 Å². The molecular formula is C18H23N3O5. The molecule has 2 rings (SSSR count). The quantitative estimate of drug-likeness (QED) is 0.786. The van der Waals surface area contributed by atoms with Crippen LogP contribution in [0.15, 0.2) is 42.7 Å². The summed E-state index contributed by atoms with van der Waals surface area (Å²) in [6.07, 6.45) is 2.89. The summed E-state index contributed by atoms with van der Waals surface area (Å²) in [5, 5.41) is 15.8. The Hall–Kier alpha value is -3.03. The predicted molar refractivity (Wildman–Crippen MR) is 94.3 cm³/mol. The van der Waals surface area contributed by atoms with E-state index in [9.17, 15) is 9.59 Å². The van der Waals surface area contributed by atoms with E-state index in [0.717, 1.165) is 0 Å². The highest BCUT2D eigenvalue weighted by Crippen LogP contribution is 2.13. The molecule has 8 heteroatoms. The third-order valence-electron chi connectivity index (χ3n) is 3.24. The average Bonchev–Trinajstić information content (AvgIpc) is 3.04. The minimum atomic E-state index is -1.00. The Labute approximate surface area is 151 Å². The Kier molecular flexibility index (Phi) is 6.21. The lowest BCUT2D eigenvalue weighted by Crippen LogP contribution is -2.44. The molecule has 2 N–H and O–H groups in total. The molecule has 0 saturated carbocycles. The Morgan fingerprint density at radius 2 is 1.96 bits per heavy atom. The van der Waals surface area contributed by atoms with Gasteiger partial charge in [0.25, 0.3) is 0 Å². The molecule has 1 aromatic carbocycles. The van der Waals surface area contributed by atoms with Gasteiger partial charge in [0, 0.05) is 12.4 Å². The lowest BCUT2D eigenvalue weighted by Gasteiger charge is -2.24. The van der Waals surface area contributed by atoms with Crippen LogP contribution in [0.2, 0.25) is 0 Å². The second-order valence-electron chi connectivity index (χ2n) is 6.71. The van der Waals surface area contributed by atoms with Gasteiger partial charge in [-0.3, -0.25) is 4.68 Å². The lowest BCUT2D eigenvalue weighted by molar-refractivity contribution is 0.0479. The van der Waals surface area contributed by atoms with E-state index in [1.165, 1.54) is 12.1 Å². The molecule has 0 radical (unpaired) electrons. The topological polar surface area (TPSA) is 103 Å². The van der Waals surface area contributed by atoms with Crippen molar-refractivity contribution in [3.63, 3.8) is 0 Å². The van der Waals surface area contributed by atoms with Gasteiger partial charge in [0.1, 0.15) is 18.0 Å². The van der Waals surface area contributed by atoms with Crippen molar-refractivity contribution in [3.8, 4) is 5.75 Å². The van der Waals surface area contributed by atoms with Crippen LogP contribution >= 0.6 is 0 Å². The van der Waals surface area contributed by atoms with Gasteiger partial charge in [0.15, 0.2) is 0 Å². The van der Waals surface area contributed by atoms with Crippen LogP contribution in [0.25, 0.3) is 0 Å². The standard InChI is InChI=1S/C18H23N3O5/c1-18(2,3)26-17(24)20-14(11-21-10-4-9-19-21)12-25-15-7-5-13(6-8-15)16(22)23/h4-10,14H,11-12H2,1-3H3,(H,20,24)(H,22,23). The monoisotopic (exact) mass is 361 g/mol. The summed E-state index contributed by atoms with van der Waals surface area (Å²) in [6, 6.07) is 7.46. The molecule has 1 atom stereocenters. The largest absolute Gasteiger partial charge is 0.491 e. The van der Waals surface area contributed by atoms with Crippen molar-refractivity contribution in [2.75, 3.05) is 6.61 Å². The SMILES string of the molecule is CC(C)(C)OC(=O)NC(COc1ccc(C(=O)O)cc1)Cn1cccn1. The van der Waals surface area contributed by atoms with Crippen molar-refractivity contribution in [2.45, 2.75) is 39.0 Å². The zero-order chi connectivity index (χ0) is 19.2. The number of carbonyl (C=O) groups excluding carboxylic acids is 1. The Morgan fingerprint density at radius 1 is 1.27 bits per heavy atom. The number of alkyl carbamates (subject to hydrolysis) is 1. The average molecular weight is 361 g/mol. The number of nitrogens with one attached hydrogen (secondary N) is 1. The molecule has 0 aliphatic heterocycles. The molecule has 8 nitrogen and oxygen atoms in total. The number of carbonyl (C=O) groups is 2. The number of aromatic nitrogens is 2. The summed E-state index contributed by atoms with van der Waals surface area (Å²) < 4.78 is 12.6. The van der Waals surface area contributed by atoms with Crippen molar-refractivity contribution in [1.29, 1.82) is 0 Å². The van der Waals surface area contributed by atoms with Gasteiger partial charge in [0.05, 0.1) is 18.2 Å². The predicted octanol–water partition coefficient (Wildman–Crippen LogP) is 2.55. The van der Waals surface area contributed by atoms with Gasteiger partial charge in [-0.1, -0.05) is 0 Å². The normalized spacial score (nSPS) is 12.3. The third kappa shape index (κ3) is 6.46. The van der Waals surface area contributed by atoms with Crippen LogP contribution in [0.4, 0.5) is 4.79 Å². The number of ether oxygens (including phenoxy) is 2. The van der Waals surface area contributed by atoms with E-state index in [-0.39, 0.29) is 18.2 Å². The van der Waals surface area contributed by atoms with Crippen LogP contribution in [-0.4, -0.2) is 45.2 Å². The zero-order valence-electron chi connectivity index (χ0n) is 15.0. The molecule has 1 aromatic heterocycles. The molecule has 1 unspecified atom stereocenters. The first kappa shape index (κ1) is 19.3. The fourth-order valence-electron chi connectivity index (χ4n) is 2.14. The van der Waals surface area contributed by atoms with Gasteiger partial charge in [-0.25, -0.2) is 9.59 Å². The maximum atomic E-state index is 12.0. The first-order valence-corrected chi connectivity index (χ1v) is 8.16. The molecule has 0 fully saturated rings. The molecule has 0 spiro atoms. The van der Waals surface area contributed by atoms with Gasteiger partial charge < -0.3 is 19.9 Å². The highest BCUT2D eigenvalue weighted by atomic mass is 16.6. The lowest BCUT2D eigenvalue weighted by atomic mass is 10.2. The van der Waals surface area contributed by atoms with Gasteiger partial charge >= 0.3 is 12.1 Å². The number of nitrogens with zero attached hydrogens (tertiary/aromatic N) is 2. The van der Waals surface area contributed by atoms with Crippen LogP contribution in [0.1, 0.15) is 31.1 Å². The van der Waals surface area contributed by atoms with E-state index in [1.807, 2.05) is 0 Å². The number of hydrogen-bond acceptors (Lipinski definition) is 5. The number of benzene rings is 1. The van der Waals surface area contributed by atoms with E-state index in [2.05, 4.69) is 10.4 Å². The maximum absolute atomic E-state index is 12.0. The molecule has 1 amide bonds. The molecular weight excluding hydrogens is 338 g/mol. The Balaban J connectivity index is 1.98. The van der Waals surface area contributed by atoms with Crippen molar-refractivity contribution in [3.05, 3.63) is 48.3 Å². The Bertz CT molecular complexity index is 720. The molecule has 0 aliphatic carbocycles. The smallest absolute Gasteiger partial charge is 0.408 e. The molecule has 1 heterocycles. The van der Waals surface area contributed by atoms with Crippen LogP contribution in [0.3, 0.4) is 0 Å².